The number of carbonyl (C=O) groups is 1. The predicted molar refractivity (Wildman–Crippen MR) is 48.0 cm³/mol. The Morgan fingerprint density at radius 2 is 1.80 bits per heavy atom. The molecule has 0 atom stereocenters. The summed E-state index contributed by atoms with van der Waals surface area (Å²) in [5.41, 5.74) is 5.18. The van der Waals surface area contributed by atoms with E-state index in [-0.39, 0.29) is 22.5 Å². The van der Waals surface area contributed by atoms with Gasteiger partial charge in [-0.05, 0) is 24.3 Å². The zero-order valence-corrected chi connectivity index (χ0v) is 8.06. The molecule has 0 saturated carbocycles. The van der Waals surface area contributed by atoms with Crippen LogP contribution in [-0.2, 0) is 4.18 Å². The van der Waals surface area contributed by atoms with Gasteiger partial charge in [0.15, 0.2) is 0 Å². The molecule has 1 aromatic rings. The molecule has 1 aromatic carbocycles. The van der Waals surface area contributed by atoms with E-state index in [0.717, 1.165) is 0 Å². The van der Waals surface area contributed by atoms with Gasteiger partial charge in [-0.1, -0.05) is 0 Å². The maximum absolute atomic E-state index is 11.6. The Morgan fingerprint density at radius 1 is 1.27 bits per heavy atom. The first-order valence-electron chi connectivity index (χ1n) is 3.71. The highest BCUT2D eigenvalue weighted by Gasteiger charge is 2.30. The Labute approximate surface area is 87.6 Å². The van der Waals surface area contributed by atoms with Gasteiger partial charge in [0.2, 0.25) is 5.91 Å². The van der Waals surface area contributed by atoms with E-state index >= 15 is 0 Å². The molecule has 0 bridgehead atoms. The van der Waals surface area contributed by atoms with Crippen molar-refractivity contribution in [1.82, 2.24) is 0 Å². The molecule has 0 unspecified atom stereocenters. The Balaban J connectivity index is 2.61. The number of nitrogens with two attached hydrogens (primary N) is 1. The van der Waals surface area contributed by atoms with Gasteiger partial charge in [-0.2, -0.15) is 0 Å². The minimum atomic E-state index is -4.69. The van der Waals surface area contributed by atoms with Crippen LogP contribution in [0.5, 0.6) is 0 Å². The first-order chi connectivity index (χ1) is 6.88. The van der Waals surface area contributed by atoms with Crippen molar-refractivity contribution in [3.8, 4) is 0 Å². The van der Waals surface area contributed by atoms with Gasteiger partial charge in [0.05, 0.1) is 0 Å². The largest absolute Gasteiger partial charge is 0.533 e. The van der Waals surface area contributed by atoms with Crippen molar-refractivity contribution in [1.29, 1.82) is 0 Å². The number of benzene rings is 1. The molecule has 15 heavy (non-hydrogen) atoms. The Hall–Kier alpha value is -1.21. The maximum atomic E-state index is 11.6. The van der Waals surface area contributed by atoms with Crippen LogP contribution in [0.15, 0.2) is 29.2 Å². The van der Waals surface area contributed by atoms with E-state index in [1.807, 2.05) is 0 Å². The fourth-order valence-electron chi connectivity index (χ4n) is 0.770. The zero-order valence-electron chi connectivity index (χ0n) is 7.25. The van der Waals surface area contributed by atoms with Crippen molar-refractivity contribution in [3.05, 3.63) is 29.8 Å². The van der Waals surface area contributed by atoms with Crippen molar-refractivity contribution in [2.45, 2.75) is 11.3 Å². The number of halogens is 3. The van der Waals surface area contributed by atoms with Gasteiger partial charge in [0, 0.05) is 22.5 Å². The molecule has 0 aliphatic heterocycles. The molecule has 0 heterocycles. The van der Waals surface area contributed by atoms with Gasteiger partial charge in [-0.15, -0.1) is 13.2 Å². The maximum Gasteiger partial charge on any atom is 0.533 e. The monoisotopic (exact) mass is 237 g/mol. The van der Waals surface area contributed by atoms with Crippen molar-refractivity contribution in [3.63, 3.8) is 0 Å². The first kappa shape index (κ1) is 11.9. The third-order valence-corrected chi connectivity index (χ3v) is 2.11. The van der Waals surface area contributed by atoms with E-state index in [1.54, 1.807) is 0 Å². The van der Waals surface area contributed by atoms with Crippen LogP contribution in [0.25, 0.3) is 0 Å². The molecule has 0 aromatic heterocycles. The Kier molecular flexibility index (Phi) is 3.59. The van der Waals surface area contributed by atoms with E-state index in [9.17, 15) is 18.0 Å². The van der Waals surface area contributed by atoms with E-state index < -0.39 is 12.3 Å². The predicted octanol–water partition coefficient (Wildman–Crippen LogP) is 2.33. The average molecular weight is 237 g/mol. The summed E-state index contributed by atoms with van der Waals surface area (Å²) in [5.74, 6) is -0.636. The summed E-state index contributed by atoms with van der Waals surface area (Å²) in [4.78, 5) is 10.9. The van der Waals surface area contributed by atoms with Crippen LogP contribution in [0.3, 0.4) is 0 Å². The quantitative estimate of drug-likeness (QED) is 0.821. The van der Waals surface area contributed by atoms with E-state index in [1.165, 1.54) is 24.3 Å². The number of rotatable bonds is 3. The standard InChI is InChI=1S/C8H6F3NO2S/c9-8(10,11)14-15-6-3-1-5(2-4-6)7(12)13/h1-4H,(H2,12,13). The minimum absolute atomic E-state index is 0.171. The summed E-state index contributed by atoms with van der Waals surface area (Å²) in [5, 5.41) is 0. The van der Waals surface area contributed by atoms with Crippen molar-refractivity contribution in [2.75, 3.05) is 0 Å². The van der Waals surface area contributed by atoms with Gasteiger partial charge in [0.1, 0.15) is 0 Å². The molecule has 0 aliphatic carbocycles. The number of amides is 1. The second-order valence-corrected chi connectivity index (χ2v) is 3.31. The number of carbonyl (C=O) groups excluding carboxylic acids is 1. The van der Waals surface area contributed by atoms with E-state index in [2.05, 4.69) is 4.18 Å². The topological polar surface area (TPSA) is 52.3 Å². The smallest absolute Gasteiger partial charge is 0.366 e. The second kappa shape index (κ2) is 4.54. The van der Waals surface area contributed by atoms with Crippen molar-refractivity contribution in [2.24, 2.45) is 5.73 Å². The molecule has 7 heteroatoms. The molecule has 0 fully saturated rings. The van der Waals surface area contributed by atoms with Crippen LogP contribution in [0.1, 0.15) is 10.4 Å². The summed E-state index contributed by atoms with van der Waals surface area (Å²) in [7, 11) is 0. The molecule has 82 valence electrons. The fourth-order valence-corrected chi connectivity index (χ4v) is 1.21. The molecule has 2 N–H and O–H groups in total. The third kappa shape index (κ3) is 4.22. The van der Waals surface area contributed by atoms with Crippen molar-refractivity contribution >= 4 is 17.9 Å². The van der Waals surface area contributed by atoms with Gasteiger partial charge in [-0.3, -0.25) is 4.79 Å². The third-order valence-electron chi connectivity index (χ3n) is 1.37. The highest BCUT2D eigenvalue weighted by molar-refractivity contribution is 7.94. The molecule has 1 rings (SSSR count). The summed E-state index contributed by atoms with van der Waals surface area (Å²) < 4.78 is 38.4. The first-order valence-corrected chi connectivity index (χ1v) is 4.45. The molecule has 1 amide bonds. The van der Waals surface area contributed by atoms with Gasteiger partial charge < -0.3 is 5.73 Å². The van der Waals surface area contributed by atoms with Crippen molar-refractivity contribution < 1.29 is 22.1 Å². The summed E-state index contributed by atoms with van der Waals surface area (Å²) in [6.45, 7) is 0. The summed E-state index contributed by atoms with van der Waals surface area (Å²) in [6, 6.07) is 5.28. The number of alkyl halides is 3. The van der Waals surface area contributed by atoms with Gasteiger partial charge in [-0.25, -0.2) is 4.18 Å². The molecule has 0 spiro atoms. The van der Waals surface area contributed by atoms with Crippen LogP contribution in [-0.4, -0.2) is 12.3 Å². The molecular formula is C8H6F3NO2S. The lowest BCUT2D eigenvalue weighted by molar-refractivity contribution is -0.266. The molecule has 0 aliphatic rings. The molecule has 0 saturated heterocycles. The zero-order chi connectivity index (χ0) is 11.5. The molecule has 0 radical (unpaired) electrons. The number of hydrogen-bond donors (Lipinski definition) is 1. The van der Waals surface area contributed by atoms with Crippen LogP contribution >= 0.6 is 12.0 Å². The molecular weight excluding hydrogens is 231 g/mol. The SMILES string of the molecule is NC(=O)c1ccc(SOC(F)(F)F)cc1. The Bertz CT molecular complexity index is 350. The average Bonchev–Trinajstić information content (AvgIpc) is 2.14. The lowest BCUT2D eigenvalue weighted by Gasteiger charge is -2.05. The second-order valence-electron chi connectivity index (χ2n) is 2.50. The van der Waals surface area contributed by atoms with Gasteiger partial charge in [0.25, 0.3) is 0 Å². The summed E-state index contributed by atoms with van der Waals surface area (Å²) in [6.07, 6.45) is -4.69. The van der Waals surface area contributed by atoms with Crippen LogP contribution < -0.4 is 5.73 Å². The molecule has 3 nitrogen and oxygen atoms in total. The van der Waals surface area contributed by atoms with E-state index in [0.29, 0.717) is 0 Å². The minimum Gasteiger partial charge on any atom is -0.366 e. The fraction of sp³-hybridized carbons (Fsp3) is 0.125. The highest BCUT2D eigenvalue weighted by Crippen LogP contribution is 2.29. The Morgan fingerprint density at radius 3 is 2.20 bits per heavy atom. The normalized spacial score (nSPS) is 11.4. The number of primary amides is 1. The summed E-state index contributed by atoms with van der Waals surface area (Å²) >= 11 is 0.171. The highest BCUT2D eigenvalue weighted by atomic mass is 32.2. The van der Waals surface area contributed by atoms with E-state index in [4.69, 9.17) is 5.73 Å². The van der Waals surface area contributed by atoms with Crippen LogP contribution in [0.4, 0.5) is 13.2 Å². The van der Waals surface area contributed by atoms with Crippen LogP contribution in [0, 0.1) is 0 Å². The van der Waals surface area contributed by atoms with Crippen LogP contribution in [0.2, 0.25) is 0 Å². The lowest BCUT2D eigenvalue weighted by atomic mass is 10.2. The lowest BCUT2D eigenvalue weighted by Crippen LogP contribution is -2.10. The number of hydrogen-bond acceptors (Lipinski definition) is 3. The van der Waals surface area contributed by atoms with Gasteiger partial charge >= 0.3 is 6.36 Å².